The van der Waals surface area contributed by atoms with Crippen LogP contribution in [0.15, 0.2) is 53.0 Å². The Hall–Kier alpha value is -3.34. The molecule has 0 aliphatic heterocycles. The van der Waals surface area contributed by atoms with Gasteiger partial charge in [-0.05, 0) is 28.0 Å². The summed E-state index contributed by atoms with van der Waals surface area (Å²) in [5.41, 5.74) is 2.34. The predicted octanol–water partition coefficient (Wildman–Crippen LogP) is 3.99. The zero-order chi connectivity index (χ0) is 16.8. The monoisotopic (exact) mass is 320 g/mol. The van der Waals surface area contributed by atoms with Gasteiger partial charge in [-0.25, -0.2) is 9.59 Å². The molecule has 2 N–H and O–H groups in total. The third-order valence-corrected chi connectivity index (χ3v) is 4.27. The third-order valence-electron chi connectivity index (χ3n) is 4.27. The van der Waals surface area contributed by atoms with E-state index in [0.29, 0.717) is 5.56 Å². The van der Waals surface area contributed by atoms with Crippen molar-refractivity contribution in [1.29, 1.82) is 0 Å². The second-order valence-corrected chi connectivity index (χ2v) is 5.63. The summed E-state index contributed by atoms with van der Waals surface area (Å²) in [5.74, 6) is -3.65. The molecule has 0 radical (unpaired) electrons. The van der Waals surface area contributed by atoms with E-state index in [1.165, 1.54) is 6.07 Å². The highest BCUT2D eigenvalue weighted by Crippen LogP contribution is 2.40. The molecule has 118 valence electrons. The lowest BCUT2D eigenvalue weighted by atomic mass is 9.82. The Morgan fingerprint density at radius 2 is 1.71 bits per heavy atom. The van der Waals surface area contributed by atoms with E-state index in [4.69, 9.17) is 9.52 Å². The van der Waals surface area contributed by atoms with E-state index in [1.807, 2.05) is 48.6 Å². The van der Waals surface area contributed by atoms with Crippen LogP contribution in [0, 0.1) is 0 Å². The van der Waals surface area contributed by atoms with E-state index in [-0.39, 0.29) is 17.4 Å². The number of carboxylic acid groups (broad SMARTS) is 2. The van der Waals surface area contributed by atoms with Crippen LogP contribution in [0.5, 0.6) is 0 Å². The molecule has 5 nitrogen and oxygen atoms in total. The Labute approximate surface area is 136 Å². The minimum Gasteiger partial charge on any atom is -0.475 e. The van der Waals surface area contributed by atoms with Crippen LogP contribution >= 0.6 is 0 Å². The first-order valence-corrected chi connectivity index (χ1v) is 7.36. The van der Waals surface area contributed by atoms with E-state index in [0.717, 1.165) is 21.9 Å². The van der Waals surface area contributed by atoms with Crippen LogP contribution in [-0.2, 0) is 0 Å². The van der Waals surface area contributed by atoms with E-state index in [9.17, 15) is 14.7 Å². The maximum Gasteiger partial charge on any atom is 0.372 e. The molecule has 1 unspecified atom stereocenters. The highest BCUT2D eigenvalue weighted by Gasteiger charge is 2.28. The summed E-state index contributed by atoms with van der Waals surface area (Å²) in [6.45, 7) is 0. The second kappa shape index (κ2) is 5.09. The third kappa shape index (κ3) is 2.02. The van der Waals surface area contributed by atoms with Gasteiger partial charge >= 0.3 is 11.9 Å². The standard InChI is InChI=1S/C19H12O5/c20-18(21)15-9-14(17(24-15)19(22)23)12-8-7-11-4-1-3-10-5-2-6-13(12)16(10)11/h1-9,12H,(H,20,21)(H,22,23). The van der Waals surface area contributed by atoms with Crippen molar-refractivity contribution in [3.05, 3.63) is 76.8 Å². The molecule has 0 bridgehead atoms. The lowest BCUT2D eigenvalue weighted by molar-refractivity contribution is 0.0631. The first-order valence-electron chi connectivity index (χ1n) is 7.36. The lowest BCUT2D eigenvalue weighted by Crippen LogP contribution is -2.07. The van der Waals surface area contributed by atoms with Gasteiger partial charge in [-0.2, -0.15) is 0 Å². The van der Waals surface area contributed by atoms with Gasteiger partial charge in [0.2, 0.25) is 11.5 Å². The first-order chi connectivity index (χ1) is 11.6. The van der Waals surface area contributed by atoms with Crippen LogP contribution in [0.1, 0.15) is 43.7 Å². The van der Waals surface area contributed by atoms with Crippen LogP contribution < -0.4 is 0 Å². The molecule has 0 amide bonds. The smallest absolute Gasteiger partial charge is 0.372 e. The zero-order valence-electron chi connectivity index (χ0n) is 12.4. The normalized spacial score (nSPS) is 15.6. The topological polar surface area (TPSA) is 87.7 Å². The first kappa shape index (κ1) is 14.3. The lowest BCUT2D eigenvalue weighted by Gasteiger charge is -2.20. The molecular formula is C19H12O5. The summed E-state index contributed by atoms with van der Waals surface area (Å²) >= 11 is 0. The minimum absolute atomic E-state index is 0.335. The minimum atomic E-state index is -1.29. The summed E-state index contributed by atoms with van der Waals surface area (Å²) in [6, 6.07) is 13.1. The molecule has 5 heteroatoms. The maximum absolute atomic E-state index is 11.5. The van der Waals surface area contributed by atoms with E-state index in [2.05, 4.69) is 0 Å². The Kier molecular flexibility index (Phi) is 3.03. The fraction of sp³-hybridized carbons (Fsp3) is 0.0526. The molecule has 0 saturated carbocycles. The number of carbonyl (C=O) groups is 2. The maximum atomic E-state index is 11.5. The van der Waals surface area contributed by atoms with Gasteiger partial charge in [-0.1, -0.05) is 48.6 Å². The molecule has 1 heterocycles. The molecule has 3 aromatic rings. The van der Waals surface area contributed by atoms with Crippen molar-refractivity contribution in [2.75, 3.05) is 0 Å². The van der Waals surface area contributed by atoms with Gasteiger partial charge in [0, 0.05) is 11.5 Å². The zero-order valence-corrected chi connectivity index (χ0v) is 12.4. The largest absolute Gasteiger partial charge is 0.475 e. The highest BCUT2D eigenvalue weighted by molar-refractivity contribution is 5.97. The van der Waals surface area contributed by atoms with Gasteiger partial charge in [0.25, 0.3) is 0 Å². The molecule has 1 aromatic heterocycles. The van der Waals surface area contributed by atoms with Gasteiger partial charge in [-0.3, -0.25) is 0 Å². The molecule has 0 saturated heterocycles. The summed E-state index contributed by atoms with van der Waals surface area (Å²) in [5, 5.41) is 20.6. The second-order valence-electron chi connectivity index (χ2n) is 5.63. The quantitative estimate of drug-likeness (QED) is 0.762. The predicted molar refractivity (Wildman–Crippen MR) is 87.5 cm³/mol. The Morgan fingerprint density at radius 1 is 0.958 bits per heavy atom. The number of furan rings is 1. The number of rotatable bonds is 3. The van der Waals surface area contributed by atoms with Crippen molar-refractivity contribution < 1.29 is 24.2 Å². The van der Waals surface area contributed by atoms with Crippen molar-refractivity contribution >= 4 is 28.8 Å². The molecular weight excluding hydrogens is 308 g/mol. The Morgan fingerprint density at radius 3 is 2.42 bits per heavy atom. The van der Waals surface area contributed by atoms with Gasteiger partial charge < -0.3 is 14.6 Å². The molecule has 1 aliphatic carbocycles. The van der Waals surface area contributed by atoms with Gasteiger partial charge in [-0.15, -0.1) is 0 Å². The number of hydrogen-bond donors (Lipinski definition) is 2. The molecule has 24 heavy (non-hydrogen) atoms. The van der Waals surface area contributed by atoms with Crippen molar-refractivity contribution in [3.8, 4) is 0 Å². The SMILES string of the molecule is O=C(O)c1cc(C2C=Cc3cccc4cccc2c34)c(C(=O)O)o1. The van der Waals surface area contributed by atoms with Gasteiger partial charge in [0.1, 0.15) is 0 Å². The molecule has 0 fully saturated rings. The van der Waals surface area contributed by atoms with Crippen LogP contribution in [0.4, 0.5) is 0 Å². The molecule has 1 atom stereocenters. The number of hydrogen-bond acceptors (Lipinski definition) is 3. The average Bonchev–Trinajstić information content (AvgIpc) is 3.01. The van der Waals surface area contributed by atoms with Gasteiger partial charge in [0.05, 0.1) is 0 Å². The van der Waals surface area contributed by atoms with E-state index in [1.54, 1.807) is 0 Å². The van der Waals surface area contributed by atoms with E-state index >= 15 is 0 Å². The van der Waals surface area contributed by atoms with Crippen LogP contribution in [-0.4, -0.2) is 22.2 Å². The average molecular weight is 320 g/mol. The van der Waals surface area contributed by atoms with E-state index < -0.39 is 11.9 Å². The fourth-order valence-corrected chi connectivity index (χ4v) is 3.28. The van der Waals surface area contributed by atoms with Crippen molar-refractivity contribution in [2.24, 2.45) is 0 Å². The van der Waals surface area contributed by atoms with Crippen molar-refractivity contribution in [3.63, 3.8) is 0 Å². The molecule has 0 spiro atoms. The summed E-state index contributed by atoms with van der Waals surface area (Å²) < 4.78 is 5.04. The highest BCUT2D eigenvalue weighted by atomic mass is 16.4. The van der Waals surface area contributed by atoms with Crippen molar-refractivity contribution in [2.45, 2.75) is 5.92 Å². The molecule has 4 rings (SSSR count). The van der Waals surface area contributed by atoms with Gasteiger partial charge in [0.15, 0.2) is 0 Å². The number of aromatic carboxylic acids is 2. The number of carboxylic acids is 2. The summed E-state index contributed by atoms with van der Waals surface area (Å²) in [7, 11) is 0. The summed E-state index contributed by atoms with van der Waals surface area (Å²) in [6.07, 6.45) is 3.80. The Bertz CT molecular complexity index is 1020. The van der Waals surface area contributed by atoms with Crippen molar-refractivity contribution in [1.82, 2.24) is 0 Å². The summed E-state index contributed by atoms with van der Waals surface area (Å²) in [4.78, 5) is 22.6. The number of allylic oxidation sites excluding steroid dienone is 1. The Balaban J connectivity index is 1.97. The fourth-order valence-electron chi connectivity index (χ4n) is 3.28. The number of benzene rings is 2. The van der Waals surface area contributed by atoms with Crippen LogP contribution in [0.2, 0.25) is 0 Å². The van der Waals surface area contributed by atoms with Crippen LogP contribution in [0.3, 0.4) is 0 Å². The molecule has 2 aromatic carbocycles. The van der Waals surface area contributed by atoms with Crippen LogP contribution in [0.25, 0.3) is 16.8 Å². The molecule has 1 aliphatic rings.